The molecule has 0 unspecified atom stereocenters. The van der Waals surface area contributed by atoms with E-state index in [0.717, 1.165) is 48.5 Å². The molecule has 1 saturated heterocycles. The maximum Gasteiger partial charge on any atom is 0.231 e. The van der Waals surface area contributed by atoms with Crippen molar-refractivity contribution in [2.24, 2.45) is 0 Å². The number of nitrogens with zero attached hydrogens (tertiary/aromatic N) is 2. The van der Waals surface area contributed by atoms with Gasteiger partial charge in [-0.2, -0.15) is 0 Å². The molecular formula is C20H20N2O4. The summed E-state index contributed by atoms with van der Waals surface area (Å²) in [5, 5.41) is 10.2. The predicted molar refractivity (Wildman–Crippen MR) is 95.5 cm³/mol. The average molecular weight is 352 g/mol. The van der Waals surface area contributed by atoms with Gasteiger partial charge in [0.2, 0.25) is 6.79 Å². The smallest absolute Gasteiger partial charge is 0.231 e. The number of piperidine rings is 1. The number of aromatic nitrogens is 1. The van der Waals surface area contributed by atoms with Gasteiger partial charge < -0.3 is 19.0 Å². The van der Waals surface area contributed by atoms with Gasteiger partial charge in [0, 0.05) is 24.1 Å². The maximum absolute atomic E-state index is 10.2. The van der Waals surface area contributed by atoms with Crippen LogP contribution in [0.25, 0.3) is 11.1 Å². The van der Waals surface area contributed by atoms with E-state index in [0.29, 0.717) is 24.0 Å². The number of likely N-dealkylation sites (tertiary alicyclic amines) is 1. The van der Waals surface area contributed by atoms with Gasteiger partial charge in [-0.15, -0.1) is 0 Å². The number of benzene rings is 2. The first-order valence-electron chi connectivity index (χ1n) is 8.95. The molecule has 0 amide bonds. The van der Waals surface area contributed by atoms with E-state index in [9.17, 15) is 5.11 Å². The zero-order chi connectivity index (χ0) is 17.5. The van der Waals surface area contributed by atoms with E-state index in [1.165, 1.54) is 0 Å². The number of hydrogen-bond donors (Lipinski definition) is 1. The molecule has 5 rings (SSSR count). The third-order valence-electron chi connectivity index (χ3n) is 5.22. The van der Waals surface area contributed by atoms with Crippen molar-refractivity contribution in [2.75, 3.05) is 19.9 Å². The first-order chi connectivity index (χ1) is 12.8. The predicted octanol–water partition coefficient (Wildman–Crippen LogP) is 3.64. The Labute approximate surface area is 151 Å². The number of fused-ring (bicyclic) bond motifs is 2. The van der Waals surface area contributed by atoms with Crippen molar-refractivity contribution in [2.45, 2.75) is 25.3 Å². The molecular weight excluding hydrogens is 332 g/mol. The monoisotopic (exact) mass is 352 g/mol. The van der Waals surface area contributed by atoms with Crippen LogP contribution in [0.5, 0.6) is 17.2 Å². The summed E-state index contributed by atoms with van der Waals surface area (Å²) in [6, 6.07) is 11.4. The normalized spacial score (nSPS) is 17.8. The van der Waals surface area contributed by atoms with Crippen LogP contribution in [-0.4, -0.2) is 34.9 Å². The van der Waals surface area contributed by atoms with E-state index in [1.54, 1.807) is 6.07 Å². The number of rotatable bonds is 3. The van der Waals surface area contributed by atoms with Crippen LogP contribution < -0.4 is 9.47 Å². The fourth-order valence-corrected chi connectivity index (χ4v) is 3.74. The third kappa shape index (κ3) is 2.76. The van der Waals surface area contributed by atoms with Crippen LogP contribution in [0, 0.1) is 0 Å². The molecule has 0 spiro atoms. The molecule has 3 heterocycles. The van der Waals surface area contributed by atoms with Crippen LogP contribution in [-0.2, 0) is 6.54 Å². The highest BCUT2D eigenvalue weighted by Gasteiger charge is 2.26. The van der Waals surface area contributed by atoms with Crippen LogP contribution in [0.15, 0.2) is 40.8 Å². The van der Waals surface area contributed by atoms with Gasteiger partial charge in [-0.1, -0.05) is 12.1 Å². The molecule has 134 valence electrons. The molecule has 1 fully saturated rings. The zero-order valence-corrected chi connectivity index (χ0v) is 14.4. The lowest BCUT2D eigenvalue weighted by molar-refractivity contribution is 0.173. The quantitative estimate of drug-likeness (QED) is 0.776. The molecule has 0 aliphatic carbocycles. The minimum Gasteiger partial charge on any atom is -0.507 e. The van der Waals surface area contributed by atoms with Gasteiger partial charge in [0.15, 0.2) is 23.0 Å². The second-order valence-corrected chi connectivity index (χ2v) is 6.90. The van der Waals surface area contributed by atoms with Crippen molar-refractivity contribution in [3.63, 3.8) is 0 Å². The lowest BCUT2D eigenvalue weighted by Crippen LogP contribution is -2.32. The summed E-state index contributed by atoms with van der Waals surface area (Å²) in [5.41, 5.74) is 2.65. The lowest BCUT2D eigenvalue weighted by atomic mass is 9.96. The van der Waals surface area contributed by atoms with Crippen LogP contribution >= 0.6 is 0 Å². The first kappa shape index (κ1) is 15.5. The second kappa shape index (κ2) is 6.21. The fourth-order valence-electron chi connectivity index (χ4n) is 3.74. The topological polar surface area (TPSA) is 68.0 Å². The molecule has 1 aromatic heterocycles. The molecule has 3 aromatic rings. The van der Waals surface area contributed by atoms with E-state index in [4.69, 9.17) is 13.9 Å². The lowest BCUT2D eigenvalue weighted by Gasteiger charge is -2.30. The molecule has 0 bridgehead atoms. The number of phenolic OH excluding ortho intramolecular Hbond substituents is 1. The Morgan fingerprint density at radius 3 is 2.65 bits per heavy atom. The van der Waals surface area contributed by atoms with Crippen LogP contribution in [0.2, 0.25) is 0 Å². The van der Waals surface area contributed by atoms with E-state index < -0.39 is 0 Å². The SMILES string of the molecule is Oc1cc2c(cc1CN1CCC(c3nc4ccccc4o3)CC1)OCO2. The molecule has 26 heavy (non-hydrogen) atoms. The Morgan fingerprint density at radius 1 is 1.08 bits per heavy atom. The number of aromatic hydroxyl groups is 1. The summed E-state index contributed by atoms with van der Waals surface area (Å²) in [7, 11) is 0. The highest BCUT2D eigenvalue weighted by Crippen LogP contribution is 2.38. The number of para-hydroxylation sites is 2. The number of ether oxygens (including phenoxy) is 2. The van der Waals surface area contributed by atoms with Gasteiger partial charge in [-0.3, -0.25) is 4.90 Å². The summed E-state index contributed by atoms with van der Waals surface area (Å²) in [6.45, 7) is 2.80. The summed E-state index contributed by atoms with van der Waals surface area (Å²) in [5.74, 6) is 2.77. The van der Waals surface area contributed by atoms with Crippen molar-refractivity contribution in [1.29, 1.82) is 0 Å². The van der Waals surface area contributed by atoms with E-state index >= 15 is 0 Å². The van der Waals surface area contributed by atoms with Gasteiger partial charge in [0.1, 0.15) is 11.3 Å². The Kier molecular flexibility index (Phi) is 3.71. The van der Waals surface area contributed by atoms with Crippen molar-refractivity contribution < 1.29 is 19.0 Å². The Bertz CT molecular complexity index is 911. The van der Waals surface area contributed by atoms with Crippen LogP contribution in [0.1, 0.15) is 30.2 Å². The summed E-state index contributed by atoms with van der Waals surface area (Å²) < 4.78 is 16.6. The van der Waals surface area contributed by atoms with Crippen LogP contribution in [0.3, 0.4) is 0 Å². The minimum absolute atomic E-state index is 0.216. The van der Waals surface area contributed by atoms with Crippen molar-refractivity contribution in [3.05, 3.63) is 47.9 Å². The van der Waals surface area contributed by atoms with Gasteiger partial charge >= 0.3 is 0 Å². The van der Waals surface area contributed by atoms with E-state index in [1.807, 2.05) is 30.3 Å². The fraction of sp³-hybridized carbons (Fsp3) is 0.350. The minimum atomic E-state index is 0.216. The van der Waals surface area contributed by atoms with Crippen molar-refractivity contribution in [3.8, 4) is 17.2 Å². The zero-order valence-electron chi connectivity index (χ0n) is 14.4. The number of oxazole rings is 1. The summed E-state index contributed by atoms with van der Waals surface area (Å²) in [4.78, 5) is 6.99. The largest absolute Gasteiger partial charge is 0.507 e. The molecule has 6 nitrogen and oxygen atoms in total. The average Bonchev–Trinajstić information content (AvgIpc) is 3.29. The molecule has 2 aromatic carbocycles. The highest BCUT2D eigenvalue weighted by atomic mass is 16.7. The van der Waals surface area contributed by atoms with Crippen LogP contribution in [0.4, 0.5) is 0 Å². The van der Waals surface area contributed by atoms with Crippen molar-refractivity contribution >= 4 is 11.1 Å². The molecule has 0 atom stereocenters. The summed E-state index contributed by atoms with van der Waals surface area (Å²) >= 11 is 0. The highest BCUT2D eigenvalue weighted by molar-refractivity contribution is 5.72. The van der Waals surface area contributed by atoms with Gasteiger partial charge in [-0.25, -0.2) is 4.98 Å². The summed E-state index contributed by atoms with van der Waals surface area (Å²) in [6.07, 6.45) is 2.00. The third-order valence-corrected chi connectivity index (χ3v) is 5.22. The molecule has 2 aliphatic rings. The Morgan fingerprint density at radius 2 is 1.85 bits per heavy atom. The number of hydrogen-bond acceptors (Lipinski definition) is 6. The molecule has 6 heteroatoms. The second-order valence-electron chi connectivity index (χ2n) is 6.90. The molecule has 2 aliphatic heterocycles. The Hall–Kier alpha value is -2.73. The van der Waals surface area contributed by atoms with Gasteiger partial charge in [-0.05, 0) is 44.1 Å². The first-order valence-corrected chi connectivity index (χ1v) is 8.95. The molecule has 1 N–H and O–H groups in total. The number of phenols is 1. The molecule has 0 radical (unpaired) electrons. The maximum atomic E-state index is 10.2. The van der Waals surface area contributed by atoms with Gasteiger partial charge in [0.25, 0.3) is 0 Å². The Balaban J connectivity index is 1.26. The van der Waals surface area contributed by atoms with E-state index in [2.05, 4.69) is 9.88 Å². The van der Waals surface area contributed by atoms with Gasteiger partial charge in [0.05, 0.1) is 0 Å². The standard InChI is InChI=1S/C20H20N2O4/c23-16-10-19-18(24-12-25-19)9-14(16)11-22-7-5-13(6-8-22)20-21-15-3-1-2-4-17(15)26-20/h1-4,9-10,13,23H,5-8,11-12H2. The molecule has 0 saturated carbocycles. The van der Waals surface area contributed by atoms with E-state index in [-0.39, 0.29) is 12.5 Å². The van der Waals surface area contributed by atoms with Crippen molar-refractivity contribution in [1.82, 2.24) is 9.88 Å².